The van der Waals surface area contributed by atoms with Crippen LogP contribution in [0.4, 0.5) is 0 Å². The molecule has 1 heterocycles. The first-order chi connectivity index (χ1) is 11.8. The summed E-state index contributed by atoms with van der Waals surface area (Å²) < 4.78 is 7.48. The van der Waals surface area contributed by atoms with Crippen molar-refractivity contribution < 1.29 is 4.74 Å². The summed E-state index contributed by atoms with van der Waals surface area (Å²) in [6.45, 7) is 3.32. The van der Waals surface area contributed by atoms with Crippen molar-refractivity contribution in [3.63, 3.8) is 0 Å². The third-order valence-electron chi connectivity index (χ3n) is 3.60. The average molecular weight is 340 g/mol. The number of thioether (sulfide) groups is 1. The molecule has 0 aliphatic heterocycles. The quantitative estimate of drug-likeness (QED) is 0.371. The summed E-state index contributed by atoms with van der Waals surface area (Å²) in [6, 6.07) is 17.2. The molecule has 24 heavy (non-hydrogen) atoms. The Morgan fingerprint density at radius 1 is 1.08 bits per heavy atom. The lowest BCUT2D eigenvalue weighted by Gasteiger charge is -2.12. The summed E-state index contributed by atoms with van der Waals surface area (Å²) >= 11 is 1.56. The molecule has 2 aromatic carbocycles. The number of fused-ring (bicyclic) bond motifs is 1. The molecule has 0 fully saturated rings. The smallest absolute Gasteiger partial charge is 0.262 e. The van der Waals surface area contributed by atoms with Gasteiger partial charge in [-0.1, -0.05) is 49.0 Å². The molecule has 1 aromatic heterocycles. The van der Waals surface area contributed by atoms with Crippen LogP contribution in [0.15, 0.2) is 64.5 Å². The summed E-state index contributed by atoms with van der Waals surface area (Å²) in [4.78, 5) is 17.3. The van der Waals surface area contributed by atoms with Crippen LogP contribution in [-0.4, -0.2) is 21.9 Å². The number of hydrogen-bond acceptors (Lipinski definition) is 4. The van der Waals surface area contributed by atoms with Crippen LogP contribution >= 0.6 is 11.8 Å². The fourth-order valence-corrected chi connectivity index (χ4v) is 3.33. The number of ether oxygens (including phenoxy) is 1. The maximum absolute atomic E-state index is 12.7. The van der Waals surface area contributed by atoms with Gasteiger partial charge in [-0.05, 0) is 30.7 Å². The van der Waals surface area contributed by atoms with Crippen LogP contribution < -0.4 is 10.3 Å². The molecule has 0 atom stereocenters. The van der Waals surface area contributed by atoms with E-state index in [2.05, 4.69) is 11.9 Å². The van der Waals surface area contributed by atoms with Gasteiger partial charge in [-0.25, -0.2) is 4.98 Å². The third-order valence-corrected chi connectivity index (χ3v) is 4.54. The lowest BCUT2D eigenvalue weighted by Crippen LogP contribution is -2.23. The number of rotatable bonds is 7. The summed E-state index contributed by atoms with van der Waals surface area (Å²) in [5.74, 6) is 1.60. The van der Waals surface area contributed by atoms with Gasteiger partial charge in [-0.2, -0.15) is 0 Å². The van der Waals surface area contributed by atoms with Crippen molar-refractivity contribution in [3.8, 4) is 5.75 Å². The Balaban J connectivity index is 1.75. The molecule has 5 heteroatoms. The van der Waals surface area contributed by atoms with E-state index in [9.17, 15) is 4.79 Å². The Kier molecular flexibility index (Phi) is 5.54. The summed E-state index contributed by atoms with van der Waals surface area (Å²) in [7, 11) is 0. The van der Waals surface area contributed by atoms with Crippen LogP contribution in [0.5, 0.6) is 5.75 Å². The molecular weight excluding hydrogens is 320 g/mol. The molecule has 3 aromatic rings. The minimum atomic E-state index is 0.0360. The topological polar surface area (TPSA) is 44.1 Å². The molecule has 0 radical (unpaired) electrons. The number of para-hydroxylation sites is 2. The van der Waals surface area contributed by atoms with E-state index in [1.165, 1.54) is 0 Å². The highest BCUT2D eigenvalue weighted by atomic mass is 32.2. The Bertz CT molecular complexity index is 862. The van der Waals surface area contributed by atoms with E-state index in [0.717, 1.165) is 28.6 Å². The largest absolute Gasteiger partial charge is 0.493 e. The lowest BCUT2D eigenvalue weighted by atomic mass is 10.2. The molecule has 0 spiro atoms. The first-order valence-corrected chi connectivity index (χ1v) is 9.08. The number of aromatic nitrogens is 2. The molecule has 3 rings (SSSR count). The molecular formula is C19H20N2O2S. The van der Waals surface area contributed by atoms with E-state index in [-0.39, 0.29) is 5.56 Å². The van der Waals surface area contributed by atoms with Gasteiger partial charge in [0.15, 0.2) is 5.16 Å². The van der Waals surface area contributed by atoms with E-state index < -0.39 is 0 Å². The lowest BCUT2D eigenvalue weighted by molar-refractivity contribution is 0.344. The minimum Gasteiger partial charge on any atom is -0.493 e. The summed E-state index contributed by atoms with van der Waals surface area (Å²) in [5, 5.41) is 1.44. The monoisotopic (exact) mass is 340 g/mol. The molecule has 0 unspecified atom stereocenters. The molecule has 0 aliphatic carbocycles. The Morgan fingerprint density at radius 2 is 1.83 bits per heavy atom. The predicted molar refractivity (Wildman–Crippen MR) is 99.0 cm³/mol. The predicted octanol–water partition coefficient (Wildman–Crippen LogP) is 3.98. The first kappa shape index (κ1) is 16.6. The van der Waals surface area contributed by atoms with Crippen LogP contribution in [0.3, 0.4) is 0 Å². The Labute approximate surface area is 145 Å². The molecule has 0 bridgehead atoms. The molecule has 0 saturated carbocycles. The first-order valence-electron chi connectivity index (χ1n) is 8.10. The van der Waals surface area contributed by atoms with E-state index in [0.29, 0.717) is 18.5 Å². The zero-order valence-electron chi connectivity index (χ0n) is 13.6. The second kappa shape index (κ2) is 8.02. The number of benzene rings is 2. The molecule has 0 N–H and O–H groups in total. The van der Waals surface area contributed by atoms with Gasteiger partial charge in [0.1, 0.15) is 5.75 Å². The van der Waals surface area contributed by atoms with Crippen molar-refractivity contribution in [1.82, 2.24) is 9.55 Å². The fraction of sp³-hybridized carbons (Fsp3) is 0.263. The van der Waals surface area contributed by atoms with Crippen molar-refractivity contribution in [3.05, 3.63) is 65.0 Å². The molecule has 0 saturated heterocycles. The fourth-order valence-electron chi connectivity index (χ4n) is 2.49. The minimum absolute atomic E-state index is 0.0360. The van der Waals surface area contributed by atoms with Crippen LogP contribution in [0.25, 0.3) is 10.9 Å². The molecule has 0 aliphatic rings. The Morgan fingerprint density at radius 3 is 2.62 bits per heavy atom. The van der Waals surface area contributed by atoms with Crippen molar-refractivity contribution >= 4 is 22.7 Å². The molecule has 0 amide bonds. The van der Waals surface area contributed by atoms with Crippen LogP contribution in [0.2, 0.25) is 0 Å². The standard InChI is InChI=1S/C19H20N2O2S/c1-2-12-21-18(22)16-10-6-7-11-17(16)20-19(21)24-14-13-23-15-8-4-3-5-9-15/h3-11H,2,12-14H2,1H3. The SMILES string of the molecule is CCCn1c(SCCOc2ccccc2)nc2ccccc2c1=O. The summed E-state index contributed by atoms with van der Waals surface area (Å²) in [6.07, 6.45) is 0.897. The molecule has 4 nitrogen and oxygen atoms in total. The third kappa shape index (κ3) is 3.79. The zero-order chi connectivity index (χ0) is 16.8. The second-order valence-corrected chi connectivity index (χ2v) is 6.44. The van der Waals surface area contributed by atoms with Gasteiger partial charge < -0.3 is 4.74 Å². The van der Waals surface area contributed by atoms with E-state index in [4.69, 9.17) is 4.74 Å². The van der Waals surface area contributed by atoms with Gasteiger partial charge in [0.25, 0.3) is 5.56 Å². The maximum Gasteiger partial charge on any atom is 0.262 e. The average Bonchev–Trinajstić information content (AvgIpc) is 2.63. The normalized spacial score (nSPS) is 10.9. The van der Waals surface area contributed by atoms with Crippen LogP contribution in [0.1, 0.15) is 13.3 Å². The van der Waals surface area contributed by atoms with Gasteiger partial charge in [0.2, 0.25) is 0 Å². The van der Waals surface area contributed by atoms with Gasteiger partial charge in [-0.15, -0.1) is 0 Å². The zero-order valence-corrected chi connectivity index (χ0v) is 14.5. The van der Waals surface area contributed by atoms with Gasteiger partial charge in [-0.3, -0.25) is 9.36 Å². The number of nitrogens with zero attached hydrogens (tertiary/aromatic N) is 2. The highest BCUT2D eigenvalue weighted by Crippen LogP contribution is 2.18. The van der Waals surface area contributed by atoms with Crippen LogP contribution in [-0.2, 0) is 6.54 Å². The van der Waals surface area contributed by atoms with E-state index >= 15 is 0 Å². The van der Waals surface area contributed by atoms with Crippen molar-refractivity contribution in [2.45, 2.75) is 25.0 Å². The van der Waals surface area contributed by atoms with E-state index in [1.54, 1.807) is 16.3 Å². The maximum atomic E-state index is 12.7. The highest BCUT2D eigenvalue weighted by Gasteiger charge is 2.10. The van der Waals surface area contributed by atoms with Crippen molar-refractivity contribution in [1.29, 1.82) is 0 Å². The van der Waals surface area contributed by atoms with Crippen molar-refractivity contribution in [2.75, 3.05) is 12.4 Å². The highest BCUT2D eigenvalue weighted by molar-refractivity contribution is 7.99. The summed E-state index contributed by atoms with van der Waals surface area (Å²) in [5.41, 5.74) is 0.787. The molecule has 124 valence electrons. The van der Waals surface area contributed by atoms with Gasteiger partial charge in [0, 0.05) is 12.3 Å². The van der Waals surface area contributed by atoms with Crippen molar-refractivity contribution in [2.24, 2.45) is 0 Å². The van der Waals surface area contributed by atoms with Gasteiger partial charge in [0.05, 0.1) is 17.5 Å². The van der Waals surface area contributed by atoms with Crippen LogP contribution in [0, 0.1) is 0 Å². The Hall–Kier alpha value is -2.27. The van der Waals surface area contributed by atoms with E-state index in [1.807, 2.05) is 54.6 Å². The second-order valence-electron chi connectivity index (χ2n) is 5.38. The van der Waals surface area contributed by atoms with Gasteiger partial charge >= 0.3 is 0 Å². The number of hydrogen-bond donors (Lipinski definition) is 0.